The lowest BCUT2D eigenvalue weighted by Crippen LogP contribution is -2.25. The van der Waals surface area contributed by atoms with E-state index in [0.717, 1.165) is 35.8 Å². The number of nitro benzene ring substituents is 1. The maximum atomic E-state index is 11.1. The zero-order valence-electron chi connectivity index (χ0n) is 16.1. The molecule has 5 rings (SSSR count). The topological polar surface area (TPSA) is 61.6 Å². The van der Waals surface area contributed by atoms with Crippen LogP contribution in [0.5, 0.6) is 11.5 Å². The first-order valence-electron chi connectivity index (χ1n) is 10.2. The van der Waals surface area contributed by atoms with Crippen molar-refractivity contribution >= 4 is 5.69 Å². The van der Waals surface area contributed by atoms with Gasteiger partial charge in [-0.3, -0.25) is 10.1 Å². The average molecular weight is 379 g/mol. The lowest BCUT2D eigenvalue weighted by atomic mass is 9.71. The van der Waals surface area contributed by atoms with Crippen LogP contribution >= 0.6 is 0 Å². The van der Waals surface area contributed by atoms with Crippen LogP contribution in [-0.4, -0.2) is 11.7 Å². The highest BCUT2D eigenvalue weighted by Gasteiger charge is 2.36. The summed E-state index contributed by atoms with van der Waals surface area (Å²) in [5, 5.41) is 11.1. The first-order chi connectivity index (χ1) is 13.6. The van der Waals surface area contributed by atoms with E-state index in [1.807, 2.05) is 12.1 Å². The van der Waals surface area contributed by atoms with E-state index in [2.05, 4.69) is 19.1 Å². The second-order valence-electron chi connectivity index (χ2n) is 8.68. The molecule has 2 aromatic carbocycles. The van der Waals surface area contributed by atoms with E-state index in [1.165, 1.54) is 30.4 Å². The van der Waals surface area contributed by atoms with Crippen LogP contribution in [0.4, 0.5) is 5.69 Å². The van der Waals surface area contributed by atoms with Crippen molar-refractivity contribution in [1.29, 1.82) is 0 Å². The Morgan fingerprint density at radius 2 is 1.75 bits per heavy atom. The molecule has 0 aromatic heterocycles. The van der Waals surface area contributed by atoms with Crippen LogP contribution in [0.2, 0.25) is 0 Å². The zero-order valence-corrected chi connectivity index (χ0v) is 16.1. The number of non-ortho nitro benzene ring substituents is 1. The van der Waals surface area contributed by atoms with Crippen LogP contribution in [0, 0.1) is 27.9 Å². The molecule has 28 heavy (non-hydrogen) atoms. The SMILES string of the molecule is CC1CCC2CC(c3ccc([N+](=O)[O-])cc3)c3cc4c(cc3CC2C1)OCO4. The summed E-state index contributed by atoms with van der Waals surface area (Å²) >= 11 is 0. The summed E-state index contributed by atoms with van der Waals surface area (Å²) in [6.07, 6.45) is 6.04. The van der Waals surface area contributed by atoms with Gasteiger partial charge in [0.15, 0.2) is 11.5 Å². The van der Waals surface area contributed by atoms with Gasteiger partial charge in [0, 0.05) is 18.1 Å². The fourth-order valence-corrected chi connectivity index (χ4v) is 5.48. The fourth-order valence-electron chi connectivity index (χ4n) is 5.48. The average Bonchev–Trinajstić information content (AvgIpc) is 3.08. The fraction of sp³-hybridized carbons (Fsp3) is 0.478. The molecule has 4 atom stereocenters. The first kappa shape index (κ1) is 17.5. The Morgan fingerprint density at radius 1 is 1.00 bits per heavy atom. The van der Waals surface area contributed by atoms with E-state index < -0.39 is 0 Å². The Balaban J connectivity index is 1.58. The van der Waals surface area contributed by atoms with Gasteiger partial charge in [0.1, 0.15) is 0 Å². The van der Waals surface area contributed by atoms with Gasteiger partial charge in [-0.2, -0.15) is 0 Å². The molecule has 0 radical (unpaired) electrons. The highest BCUT2D eigenvalue weighted by atomic mass is 16.7. The molecule has 1 aliphatic heterocycles. The lowest BCUT2D eigenvalue weighted by Gasteiger charge is -2.34. The predicted octanol–water partition coefficient (Wildman–Crippen LogP) is 5.45. The third-order valence-electron chi connectivity index (χ3n) is 6.94. The van der Waals surface area contributed by atoms with Gasteiger partial charge in [-0.15, -0.1) is 0 Å². The van der Waals surface area contributed by atoms with Crippen LogP contribution in [-0.2, 0) is 6.42 Å². The highest BCUT2D eigenvalue weighted by Crippen LogP contribution is 2.49. The molecule has 0 spiro atoms. The molecule has 0 saturated heterocycles. The summed E-state index contributed by atoms with van der Waals surface area (Å²) in [5.41, 5.74) is 3.96. The number of ether oxygens (including phenoxy) is 2. The van der Waals surface area contributed by atoms with E-state index >= 15 is 0 Å². The number of fused-ring (bicyclic) bond motifs is 3. The highest BCUT2D eigenvalue weighted by molar-refractivity contribution is 5.53. The Kier molecular flexibility index (Phi) is 4.26. The third kappa shape index (κ3) is 3.03. The molecule has 0 amide bonds. The van der Waals surface area contributed by atoms with Crippen molar-refractivity contribution in [3.8, 4) is 11.5 Å². The van der Waals surface area contributed by atoms with Gasteiger partial charge in [0.05, 0.1) is 4.92 Å². The lowest BCUT2D eigenvalue weighted by molar-refractivity contribution is -0.384. The number of nitrogens with zero attached hydrogens (tertiary/aromatic N) is 1. The predicted molar refractivity (Wildman–Crippen MR) is 106 cm³/mol. The van der Waals surface area contributed by atoms with Crippen LogP contribution in [0.3, 0.4) is 0 Å². The molecule has 1 fully saturated rings. The molecule has 5 nitrogen and oxygen atoms in total. The van der Waals surface area contributed by atoms with Crippen LogP contribution < -0.4 is 9.47 Å². The summed E-state index contributed by atoms with van der Waals surface area (Å²) in [6.45, 7) is 2.65. The van der Waals surface area contributed by atoms with Crippen molar-refractivity contribution in [2.24, 2.45) is 17.8 Å². The van der Waals surface area contributed by atoms with Crippen molar-refractivity contribution in [2.45, 2.75) is 44.9 Å². The molecular formula is C23H25NO4. The number of benzene rings is 2. The summed E-state index contributed by atoms with van der Waals surface area (Å²) in [5.74, 6) is 4.10. The van der Waals surface area contributed by atoms with Crippen molar-refractivity contribution in [2.75, 3.05) is 6.79 Å². The summed E-state index contributed by atoms with van der Waals surface area (Å²) < 4.78 is 11.3. The maximum absolute atomic E-state index is 11.1. The van der Waals surface area contributed by atoms with Crippen molar-refractivity contribution in [3.63, 3.8) is 0 Å². The van der Waals surface area contributed by atoms with Gasteiger partial charge in [0.25, 0.3) is 5.69 Å². The van der Waals surface area contributed by atoms with Crippen molar-refractivity contribution < 1.29 is 14.4 Å². The van der Waals surface area contributed by atoms with Crippen LogP contribution in [0.25, 0.3) is 0 Å². The molecule has 5 heteroatoms. The van der Waals surface area contributed by atoms with Gasteiger partial charge < -0.3 is 9.47 Å². The van der Waals surface area contributed by atoms with Gasteiger partial charge in [-0.25, -0.2) is 0 Å². The van der Waals surface area contributed by atoms with E-state index in [4.69, 9.17) is 9.47 Å². The van der Waals surface area contributed by atoms with E-state index in [1.54, 1.807) is 12.1 Å². The van der Waals surface area contributed by atoms with Crippen LogP contribution in [0.1, 0.15) is 55.2 Å². The number of hydrogen-bond acceptors (Lipinski definition) is 4. The third-order valence-corrected chi connectivity index (χ3v) is 6.94. The number of rotatable bonds is 2. The Hall–Kier alpha value is -2.56. The Morgan fingerprint density at radius 3 is 2.50 bits per heavy atom. The monoisotopic (exact) mass is 379 g/mol. The quantitative estimate of drug-likeness (QED) is 0.514. The van der Waals surface area contributed by atoms with Gasteiger partial charge in [-0.05, 0) is 72.3 Å². The molecular weight excluding hydrogens is 354 g/mol. The smallest absolute Gasteiger partial charge is 0.269 e. The Labute approximate surface area is 164 Å². The number of hydrogen-bond donors (Lipinski definition) is 0. The standard InChI is InChI=1S/C23H25NO4/c1-14-2-3-16-10-20(15-4-6-19(7-5-15)24(25)26)21-12-23-22(27-13-28-23)11-18(21)9-17(16)8-14/h4-7,11-12,14,16-17,20H,2-3,8-10,13H2,1H3. The molecule has 146 valence electrons. The molecule has 2 aromatic rings. The van der Waals surface area contributed by atoms with E-state index in [0.29, 0.717) is 11.8 Å². The van der Waals surface area contributed by atoms with Gasteiger partial charge in [0.2, 0.25) is 6.79 Å². The minimum atomic E-state index is -0.332. The second kappa shape index (κ2) is 6.80. The van der Waals surface area contributed by atoms with Crippen molar-refractivity contribution in [3.05, 3.63) is 63.2 Å². The number of nitro groups is 1. The van der Waals surface area contributed by atoms with Gasteiger partial charge >= 0.3 is 0 Å². The molecule has 0 N–H and O–H groups in total. The molecule has 3 aliphatic rings. The van der Waals surface area contributed by atoms with Crippen molar-refractivity contribution in [1.82, 2.24) is 0 Å². The van der Waals surface area contributed by atoms with E-state index in [9.17, 15) is 10.1 Å². The van der Waals surface area contributed by atoms with E-state index in [-0.39, 0.29) is 23.3 Å². The van der Waals surface area contributed by atoms with Crippen LogP contribution in [0.15, 0.2) is 36.4 Å². The summed E-state index contributed by atoms with van der Waals surface area (Å²) in [6, 6.07) is 11.5. The summed E-state index contributed by atoms with van der Waals surface area (Å²) in [7, 11) is 0. The molecule has 0 bridgehead atoms. The van der Waals surface area contributed by atoms with Gasteiger partial charge in [-0.1, -0.05) is 25.5 Å². The zero-order chi connectivity index (χ0) is 19.3. The molecule has 1 heterocycles. The molecule has 1 saturated carbocycles. The second-order valence-corrected chi connectivity index (χ2v) is 8.68. The maximum Gasteiger partial charge on any atom is 0.269 e. The minimum absolute atomic E-state index is 0.146. The minimum Gasteiger partial charge on any atom is -0.454 e. The Bertz CT molecular complexity index is 908. The molecule has 4 unspecified atom stereocenters. The first-order valence-corrected chi connectivity index (χ1v) is 10.2. The molecule has 2 aliphatic carbocycles. The normalized spacial score (nSPS) is 28.2. The largest absolute Gasteiger partial charge is 0.454 e. The summed E-state index contributed by atoms with van der Waals surface area (Å²) in [4.78, 5) is 10.7.